The Labute approximate surface area is 129 Å². The predicted molar refractivity (Wildman–Crippen MR) is 81.7 cm³/mol. The number of esters is 1. The monoisotopic (exact) mass is 325 g/mol. The normalized spacial score (nSPS) is 10.2. The van der Waals surface area contributed by atoms with Gasteiger partial charge in [-0.15, -0.1) is 11.3 Å². The second-order valence-electron chi connectivity index (χ2n) is 4.08. The molecule has 0 unspecified atom stereocenters. The summed E-state index contributed by atoms with van der Waals surface area (Å²) in [6, 6.07) is 4.55. The number of rotatable bonds is 4. The summed E-state index contributed by atoms with van der Waals surface area (Å²) in [5.74, 6) is -0.890. The van der Waals surface area contributed by atoms with Crippen molar-refractivity contribution >= 4 is 45.6 Å². The zero-order valence-electron chi connectivity index (χ0n) is 11.1. The number of ether oxygens (including phenoxy) is 1. The largest absolute Gasteiger partial charge is 0.465 e. The number of methoxy groups -OCH3 is 1. The highest BCUT2D eigenvalue weighted by Gasteiger charge is 2.15. The minimum atomic E-state index is -0.578. The van der Waals surface area contributed by atoms with Gasteiger partial charge >= 0.3 is 5.97 Å². The number of nitrogen functional groups attached to an aromatic ring is 1. The molecule has 8 heteroatoms. The summed E-state index contributed by atoms with van der Waals surface area (Å²) in [6.07, 6.45) is 0.0664. The van der Waals surface area contributed by atoms with Crippen molar-refractivity contribution in [2.24, 2.45) is 0 Å². The molecule has 0 spiro atoms. The Hall–Kier alpha value is -2.12. The number of anilines is 2. The molecule has 1 amide bonds. The van der Waals surface area contributed by atoms with E-state index in [4.69, 9.17) is 17.3 Å². The second-order valence-corrected chi connectivity index (χ2v) is 5.41. The van der Waals surface area contributed by atoms with Crippen LogP contribution < -0.4 is 11.1 Å². The van der Waals surface area contributed by atoms with E-state index < -0.39 is 5.97 Å². The van der Waals surface area contributed by atoms with Crippen LogP contribution in [0.1, 0.15) is 16.1 Å². The number of hydrogen-bond donors (Lipinski definition) is 2. The van der Waals surface area contributed by atoms with Crippen LogP contribution in [0.4, 0.5) is 10.8 Å². The van der Waals surface area contributed by atoms with Gasteiger partial charge in [0.1, 0.15) is 0 Å². The molecule has 0 aliphatic carbocycles. The van der Waals surface area contributed by atoms with Crippen LogP contribution in [0.5, 0.6) is 0 Å². The van der Waals surface area contributed by atoms with E-state index in [0.29, 0.717) is 21.5 Å². The number of aromatic nitrogens is 1. The third-order valence-corrected chi connectivity index (χ3v) is 3.53. The Morgan fingerprint density at radius 2 is 2.24 bits per heavy atom. The smallest absolute Gasteiger partial charge is 0.340 e. The molecular weight excluding hydrogens is 314 g/mol. The van der Waals surface area contributed by atoms with Crippen molar-refractivity contribution in [3.63, 3.8) is 0 Å². The molecule has 0 aliphatic rings. The maximum absolute atomic E-state index is 12.0. The van der Waals surface area contributed by atoms with E-state index in [0.717, 1.165) is 0 Å². The number of carbonyl (C=O) groups excluding carboxylic acids is 2. The van der Waals surface area contributed by atoms with Crippen LogP contribution >= 0.6 is 22.9 Å². The quantitative estimate of drug-likeness (QED) is 0.841. The van der Waals surface area contributed by atoms with Crippen LogP contribution in [0.25, 0.3) is 0 Å². The Kier molecular flexibility index (Phi) is 4.77. The molecule has 1 heterocycles. The van der Waals surface area contributed by atoms with Gasteiger partial charge in [0, 0.05) is 10.4 Å². The standard InChI is InChI=1S/C13H12ClN3O3S/c1-20-12(19)9-4-7(14)2-3-10(9)17-11(18)5-8-6-21-13(15)16-8/h2-4,6H,5H2,1H3,(H2,15,16)(H,17,18). The molecule has 0 saturated carbocycles. The van der Waals surface area contributed by atoms with Crippen molar-refractivity contribution in [3.05, 3.63) is 39.9 Å². The highest BCUT2D eigenvalue weighted by molar-refractivity contribution is 7.13. The number of hydrogen-bond acceptors (Lipinski definition) is 6. The van der Waals surface area contributed by atoms with E-state index in [2.05, 4.69) is 15.0 Å². The van der Waals surface area contributed by atoms with Crippen LogP contribution in [0.3, 0.4) is 0 Å². The van der Waals surface area contributed by atoms with Gasteiger partial charge in [-0.1, -0.05) is 11.6 Å². The maximum Gasteiger partial charge on any atom is 0.340 e. The number of nitrogens with zero attached hydrogens (tertiary/aromatic N) is 1. The van der Waals surface area contributed by atoms with Gasteiger partial charge in [-0.25, -0.2) is 9.78 Å². The third kappa shape index (κ3) is 3.93. The zero-order chi connectivity index (χ0) is 15.4. The van der Waals surface area contributed by atoms with Crippen LogP contribution in [-0.2, 0) is 16.0 Å². The van der Waals surface area contributed by atoms with E-state index in [9.17, 15) is 9.59 Å². The minimum Gasteiger partial charge on any atom is -0.465 e. The minimum absolute atomic E-state index is 0.0664. The molecule has 6 nitrogen and oxygen atoms in total. The van der Waals surface area contributed by atoms with Crippen molar-refractivity contribution < 1.29 is 14.3 Å². The van der Waals surface area contributed by atoms with E-state index >= 15 is 0 Å². The number of carbonyl (C=O) groups is 2. The highest BCUT2D eigenvalue weighted by Crippen LogP contribution is 2.22. The Bertz CT molecular complexity index is 687. The van der Waals surface area contributed by atoms with Crippen molar-refractivity contribution in [2.45, 2.75) is 6.42 Å². The van der Waals surface area contributed by atoms with Gasteiger partial charge in [-0.2, -0.15) is 0 Å². The average Bonchev–Trinajstić information content (AvgIpc) is 2.85. The summed E-state index contributed by atoms with van der Waals surface area (Å²) in [5, 5.41) is 5.12. The fraction of sp³-hybridized carbons (Fsp3) is 0.154. The first-order valence-corrected chi connectivity index (χ1v) is 7.13. The zero-order valence-corrected chi connectivity index (χ0v) is 12.6. The second kappa shape index (κ2) is 6.55. The fourth-order valence-corrected chi connectivity index (χ4v) is 2.40. The van der Waals surface area contributed by atoms with Crippen LogP contribution in [0, 0.1) is 0 Å². The number of nitrogens with one attached hydrogen (secondary N) is 1. The molecule has 0 aliphatic heterocycles. The van der Waals surface area contributed by atoms with Gasteiger partial charge < -0.3 is 15.8 Å². The van der Waals surface area contributed by atoms with E-state index in [1.165, 1.54) is 24.5 Å². The van der Waals surface area contributed by atoms with E-state index in [-0.39, 0.29) is 17.9 Å². The summed E-state index contributed by atoms with van der Waals surface area (Å²) in [7, 11) is 1.26. The van der Waals surface area contributed by atoms with Gasteiger partial charge in [0.2, 0.25) is 5.91 Å². The molecule has 2 rings (SSSR count). The summed E-state index contributed by atoms with van der Waals surface area (Å²) < 4.78 is 4.66. The summed E-state index contributed by atoms with van der Waals surface area (Å²) in [5.41, 5.74) is 6.60. The average molecular weight is 326 g/mol. The highest BCUT2D eigenvalue weighted by atomic mass is 35.5. The van der Waals surface area contributed by atoms with Gasteiger partial charge in [-0.3, -0.25) is 4.79 Å². The van der Waals surface area contributed by atoms with Crippen LogP contribution in [0.15, 0.2) is 23.6 Å². The van der Waals surface area contributed by atoms with Gasteiger partial charge in [0.25, 0.3) is 0 Å². The van der Waals surface area contributed by atoms with E-state index in [1.54, 1.807) is 17.5 Å². The topological polar surface area (TPSA) is 94.3 Å². The van der Waals surface area contributed by atoms with Crippen molar-refractivity contribution in [1.82, 2.24) is 4.98 Å². The lowest BCUT2D eigenvalue weighted by Gasteiger charge is -2.09. The van der Waals surface area contributed by atoms with Gasteiger partial charge in [0.05, 0.1) is 30.5 Å². The molecule has 0 saturated heterocycles. The fourth-order valence-electron chi connectivity index (χ4n) is 1.67. The van der Waals surface area contributed by atoms with Crippen LogP contribution in [-0.4, -0.2) is 24.0 Å². The SMILES string of the molecule is COC(=O)c1cc(Cl)ccc1NC(=O)Cc1csc(N)n1. The van der Waals surface area contributed by atoms with Crippen molar-refractivity contribution in [3.8, 4) is 0 Å². The maximum atomic E-state index is 12.0. The molecule has 0 atom stereocenters. The van der Waals surface area contributed by atoms with Crippen molar-refractivity contribution in [2.75, 3.05) is 18.2 Å². The molecule has 110 valence electrons. The molecule has 0 fully saturated rings. The Morgan fingerprint density at radius 1 is 1.48 bits per heavy atom. The van der Waals surface area contributed by atoms with Gasteiger partial charge in [0.15, 0.2) is 5.13 Å². The van der Waals surface area contributed by atoms with Crippen molar-refractivity contribution in [1.29, 1.82) is 0 Å². The molecule has 2 aromatic rings. The Balaban J connectivity index is 2.15. The number of benzene rings is 1. The Morgan fingerprint density at radius 3 is 2.86 bits per heavy atom. The van der Waals surface area contributed by atoms with Gasteiger partial charge in [-0.05, 0) is 18.2 Å². The molecule has 0 bridgehead atoms. The number of halogens is 1. The molecule has 0 radical (unpaired) electrons. The lowest BCUT2D eigenvalue weighted by Crippen LogP contribution is -2.17. The first kappa shape index (κ1) is 15.3. The summed E-state index contributed by atoms with van der Waals surface area (Å²) in [4.78, 5) is 27.6. The number of nitrogens with two attached hydrogens (primary N) is 1. The summed E-state index contributed by atoms with van der Waals surface area (Å²) >= 11 is 7.11. The predicted octanol–water partition coefficient (Wildman–Crippen LogP) is 2.35. The first-order valence-electron chi connectivity index (χ1n) is 5.87. The lowest BCUT2D eigenvalue weighted by molar-refractivity contribution is -0.115. The first-order chi connectivity index (χ1) is 9.99. The van der Waals surface area contributed by atoms with Crippen LogP contribution in [0.2, 0.25) is 5.02 Å². The lowest BCUT2D eigenvalue weighted by atomic mass is 10.1. The third-order valence-electron chi connectivity index (χ3n) is 2.57. The number of thiazole rings is 1. The van der Waals surface area contributed by atoms with E-state index in [1.807, 2.05) is 0 Å². The molecule has 3 N–H and O–H groups in total. The molecule has 1 aromatic heterocycles. The molecular formula is C13H12ClN3O3S. The molecule has 1 aromatic carbocycles. The molecule has 21 heavy (non-hydrogen) atoms. The summed E-state index contributed by atoms with van der Waals surface area (Å²) in [6.45, 7) is 0. The number of amides is 1.